The second kappa shape index (κ2) is 6.96. The van der Waals surface area contributed by atoms with E-state index in [1.54, 1.807) is 23.0 Å². The van der Waals surface area contributed by atoms with E-state index < -0.39 is 0 Å². The van der Waals surface area contributed by atoms with Crippen LogP contribution in [0.1, 0.15) is 20.9 Å². The summed E-state index contributed by atoms with van der Waals surface area (Å²) in [5.41, 5.74) is 2.84. The maximum absolute atomic E-state index is 12.7. The fraction of sp³-hybridized carbons (Fsp3) is 0.143. The van der Waals surface area contributed by atoms with Crippen LogP contribution in [0, 0.1) is 6.92 Å². The third-order valence-corrected chi connectivity index (χ3v) is 6.13. The van der Waals surface area contributed by atoms with Crippen molar-refractivity contribution in [1.82, 2.24) is 24.0 Å². The van der Waals surface area contributed by atoms with Crippen LogP contribution < -0.4 is 11.0 Å². The SMILES string of the molecule is Cc1nn(C)c2sc(C(=O)Nc3cccc(Cn4nc5ccccn5c4=O)c3)cc12. The predicted molar refractivity (Wildman–Crippen MR) is 116 cm³/mol. The molecule has 0 saturated heterocycles. The number of hydrogen-bond acceptors (Lipinski definition) is 5. The highest BCUT2D eigenvalue weighted by Gasteiger charge is 2.15. The Hall–Kier alpha value is -3.72. The van der Waals surface area contributed by atoms with Gasteiger partial charge >= 0.3 is 5.69 Å². The molecule has 5 aromatic rings. The van der Waals surface area contributed by atoms with Gasteiger partial charge in [0.2, 0.25) is 0 Å². The molecule has 0 saturated carbocycles. The molecule has 0 aliphatic carbocycles. The predicted octanol–water partition coefficient (Wildman–Crippen LogP) is 3.05. The number of anilines is 1. The summed E-state index contributed by atoms with van der Waals surface area (Å²) in [6, 6.07) is 14.7. The molecule has 8 nitrogen and oxygen atoms in total. The number of aromatic nitrogens is 5. The van der Waals surface area contributed by atoms with Crippen LogP contribution in [-0.2, 0) is 13.6 Å². The molecule has 4 heterocycles. The van der Waals surface area contributed by atoms with Gasteiger partial charge in [0.25, 0.3) is 5.91 Å². The van der Waals surface area contributed by atoms with E-state index in [1.807, 2.05) is 50.4 Å². The Balaban J connectivity index is 1.38. The van der Waals surface area contributed by atoms with Gasteiger partial charge < -0.3 is 5.32 Å². The number of rotatable bonds is 4. The minimum absolute atomic E-state index is 0.169. The lowest BCUT2D eigenvalue weighted by Crippen LogP contribution is -2.21. The lowest BCUT2D eigenvalue weighted by atomic mass is 10.2. The first-order valence-electron chi connectivity index (χ1n) is 9.37. The second-order valence-electron chi connectivity index (χ2n) is 7.06. The Bertz CT molecular complexity index is 1440. The van der Waals surface area contributed by atoms with Gasteiger partial charge in [0, 0.05) is 24.3 Å². The van der Waals surface area contributed by atoms with E-state index in [4.69, 9.17) is 0 Å². The number of pyridine rings is 1. The first-order valence-corrected chi connectivity index (χ1v) is 10.2. The zero-order valence-electron chi connectivity index (χ0n) is 16.4. The molecular formula is C21H18N6O2S. The molecule has 150 valence electrons. The van der Waals surface area contributed by atoms with Crippen molar-refractivity contribution in [3.63, 3.8) is 0 Å². The van der Waals surface area contributed by atoms with Crippen LogP contribution in [0.25, 0.3) is 15.9 Å². The van der Waals surface area contributed by atoms with Gasteiger partial charge in [-0.05, 0) is 42.8 Å². The van der Waals surface area contributed by atoms with Gasteiger partial charge in [-0.15, -0.1) is 16.4 Å². The number of carbonyl (C=O) groups is 1. The van der Waals surface area contributed by atoms with Gasteiger partial charge in [-0.2, -0.15) is 5.10 Å². The zero-order valence-corrected chi connectivity index (χ0v) is 17.2. The summed E-state index contributed by atoms with van der Waals surface area (Å²) in [7, 11) is 1.87. The fourth-order valence-electron chi connectivity index (χ4n) is 3.50. The van der Waals surface area contributed by atoms with E-state index in [1.165, 1.54) is 20.4 Å². The smallest absolute Gasteiger partial charge is 0.321 e. The van der Waals surface area contributed by atoms with Gasteiger partial charge in [0.1, 0.15) is 4.83 Å². The first kappa shape index (κ1) is 18.3. The maximum Gasteiger partial charge on any atom is 0.350 e. The molecule has 1 aromatic carbocycles. The molecule has 0 aliphatic heterocycles. The van der Waals surface area contributed by atoms with Crippen molar-refractivity contribution in [2.45, 2.75) is 13.5 Å². The molecule has 9 heteroatoms. The molecule has 0 atom stereocenters. The van der Waals surface area contributed by atoms with Crippen LogP contribution in [0.2, 0.25) is 0 Å². The number of nitrogens with zero attached hydrogens (tertiary/aromatic N) is 5. The van der Waals surface area contributed by atoms with E-state index in [0.29, 0.717) is 22.8 Å². The highest BCUT2D eigenvalue weighted by atomic mass is 32.1. The van der Waals surface area contributed by atoms with E-state index in [-0.39, 0.29) is 11.6 Å². The largest absolute Gasteiger partial charge is 0.350 e. The lowest BCUT2D eigenvalue weighted by Gasteiger charge is -2.06. The minimum atomic E-state index is -0.200. The van der Waals surface area contributed by atoms with Crippen molar-refractivity contribution < 1.29 is 4.79 Å². The number of fused-ring (bicyclic) bond motifs is 2. The molecule has 0 fully saturated rings. The summed E-state index contributed by atoms with van der Waals surface area (Å²) in [6.07, 6.45) is 1.69. The Morgan fingerprint density at radius 1 is 1.13 bits per heavy atom. The Kier molecular flexibility index (Phi) is 4.25. The minimum Gasteiger partial charge on any atom is -0.321 e. The van der Waals surface area contributed by atoms with Gasteiger partial charge in [-0.1, -0.05) is 18.2 Å². The fourth-order valence-corrected chi connectivity index (χ4v) is 4.52. The zero-order chi connectivity index (χ0) is 20.8. The summed E-state index contributed by atoms with van der Waals surface area (Å²) in [4.78, 5) is 26.8. The normalized spacial score (nSPS) is 11.4. The van der Waals surface area contributed by atoms with Gasteiger partial charge in [-0.25, -0.2) is 9.48 Å². The van der Waals surface area contributed by atoms with Gasteiger partial charge in [0.05, 0.1) is 17.1 Å². The lowest BCUT2D eigenvalue weighted by molar-refractivity contribution is 0.103. The molecule has 0 bridgehead atoms. The Morgan fingerprint density at radius 2 is 2.00 bits per heavy atom. The van der Waals surface area contributed by atoms with Crippen LogP contribution in [0.3, 0.4) is 0 Å². The third kappa shape index (κ3) is 3.09. The van der Waals surface area contributed by atoms with Crippen LogP contribution in [0.4, 0.5) is 5.69 Å². The molecule has 5 rings (SSSR count). The van der Waals surface area contributed by atoms with Gasteiger partial charge in [-0.3, -0.25) is 13.9 Å². The molecule has 0 unspecified atom stereocenters. The van der Waals surface area contributed by atoms with Crippen LogP contribution >= 0.6 is 11.3 Å². The highest BCUT2D eigenvalue weighted by Crippen LogP contribution is 2.28. The quantitative estimate of drug-likeness (QED) is 0.486. The van der Waals surface area contributed by atoms with Crippen molar-refractivity contribution in [2.24, 2.45) is 7.05 Å². The van der Waals surface area contributed by atoms with Crippen molar-refractivity contribution in [3.05, 3.63) is 81.3 Å². The third-order valence-electron chi connectivity index (χ3n) is 4.93. The van der Waals surface area contributed by atoms with E-state index in [0.717, 1.165) is 21.5 Å². The molecule has 0 radical (unpaired) electrons. The standard InChI is InChI=1S/C21H18N6O2S/c1-13-16-11-17(30-20(16)25(2)23-13)19(28)22-15-7-5-6-14(10-15)12-27-21(29)26-9-4-3-8-18(26)24-27/h3-11H,12H2,1-2H3,(H,22,28). The van der Waals surface area contributed by atoms with Crippen molar-refractivity contribution in [1.29, 1.82) is 0 Å². The summed E-state index contributed by atoms with van der Waals surface area (Å²) >= 11 is 1.41. The van der Waals surface area contributed by atoms with Crippen LogP contribution in [0.15, 0.2) is 59.5 Å². The number of thiophene rings is 1. The van der Waals surface area contributed by atoms with Crippen LogP contribution in [0.5, 0.6) is 0 Å². The molecule has 30 heavy (non-hydrogen) atoms. The summed E-state index contributed by atoms with van der Waals surface area (Å²) < 4.78 is 4.71. The molecular weight excluding hydrogens is 400 g/mol. The number of carbonyl (C=O) groups excluding carboxylic acids is 1. The van der Waals surface area contributed by atoms with Crippen molar-refractivity contribution >= 4 is 38.8 Å². The highest BCUT2D eigenvalue weighted by molar-refractivity contribution is 7.20. The summed E-state index contributed by atoms with van der Waals surface area (Å²) in [5, 5.41) is 12.7. The second-order valence-corrected chi connectivity index (χ2v) is 8.09. The first-order chi connectivity index (χ1) is 14.5. The Morgan fingerprint density at radius 3 is 2.80 bits per heavy atom. The van der Waals surface area contributed by atoms with E-state index in [2.05, 4.69) is 15.5 Å². The van der Waals surface area contributed by atoms with E-state index in [9.17, 15) is 9.59 Å². The average molecular weight is 418 g/mol. The Labute approximate surface area is 175 Å². The average Bonchev–Trinajstić information content (AvgIpc) is 3.38. The summed E-state index contributed by atoms with van der Waals surface area (Å²) in [6.45, 7) is 2.25. The number of hydrogen-bond donors (Lipinski definition) is 1. The molecule has 1 N–H and O–H groups in total. The summed E-state index contributed by atoms with van der Waals surface area (Å²) in [5.74, 6) is -0.169. The molecule has 4 aromatic heterocycles. The topological polar surface area (TPSA) is 86.2 Å². The van der Waals surface area contributed by atoms with Crippen LogP contribution in [-0.4, -0.2) is 29.9 Å². The number of benzene rings is 1. The number of aryl methyl sites for hydroxylation is 2. The number of amides is 1. The van der Waals surface area contributed by atoms with Crippen molar-refractivity contribution in [2.75, 3.05) is 5.32 Å². The van der Waals surface area contributed by atoms with E-state index >= 15 is 0 Å². The monoisotopic (exact) mass is 418 g/mol. The van der Waals surface area contributed by atoms with Crippen molar-refractivity contribution in [3.8, 4) is 0 Å². The molecule has 0 aliphatic rings. The molecule has 0 spiro atoms. The molecule has 1 amide bonds. The van der Waals surface area contributed by atoms with Gasteiger partial charge in [0.15, 0.2) is 5.65 Å². The maximum atomic E-state index is 12.7. The number of nitrogens with one attached hydrogen (secondary N) is 1.